The topological polar surface area (TPSA) is 37.7 Å². The second-order valence-electron chi connectivity index (χ2n) is 21.7. The summed E-state index contributed by atoms with van der Waals surface area (Å²) in [5.41, 5.74) is 17.1. The summed E-state index contributed by atoms with van der Waals surface area (Å²) in [5.74, 6) is -0.648. The van der Waals surface area contributed by atoms with E-state index in [0.29, 0.717) is 0 Å². The van der Waals surface area contributed by atoms with Gasteiger partial charge < -0.3 is 23.2 Å². The highest BCUT2D eigenvalue weighted by atomic mass is 19.1. The molecule has 0 bridgehead atoms. The molecular formula is C75H43F2N3O2. The molecular weight excluding hydrogens is 1010 g/mol. The van der Waals surface area contributed by atoms with Crippen LogP contribution in [0.3, 0.4) is 0 Å². The normalized spacial score (nSPS) is 13.1. The summed E-state index contributed by atoms with van der Waals surface area (Å²) in [6, 6.07) is 89.5. The molecule has 13 aromatic carbocycles. The van der Waals surface area contributed by atoms with Crippen LogP contribution in [0.5, 0.6) is 0 Å². The monoisotopic (exact) mass is 1060 g/mol. The Kier molecular flexibility index (Phi) is 9.16. The Morgan fingerprint density at radius 1 is 0.317 bits per heavy atom. The molecule has 0 radical (unpaired) electrons. The van der Waals surface area contributed by atoms with Crippen LogP contribution in [0.15, 0.2) is 270 Å². The Bertz CT molecular complexity index is 5150. The minimum Gasteiger partial charge on any atom is -0.454 e. The molecule has 82 heavy (non-hydrogen) atoms. The Balaban J connectivity index is 1.03. The Labute approximate surface area is 467 Å². The number of benzene rings is 13. The fourth-order valence-electron chi connectivity index (χ4n) is 14.5. The van der Waals surface area contributed by atoms with Gasteiger partial charge in [-0.2, -0.15) is 0 Å². The van der Waals surface area contributed by atoms with Crippen LogP contribution in [0, 0.1) is 11.6 Å². The Hall–Kier alpha value is -10.8. The molecule has 16 aromatic rings. The van der Waals surface area contributed by atoms with Crippen molar-refractivity contribution in [3.63, 3.8) is 0 Å². The maximum Gasteiger partial charge on any atom is 0.159 e. The minimum atomic E-state index is -0.984. The maximum atomic E-state index is 15.3. The SMILES string of the molecule is Fc1ccc(N(c2cc3c(c4ccccc24)-c2c(cc(N(c4ccc(F)cc4)c4cccc5c4oc4ccccc45)c4ccccc24)C32c3ccccc3-n3c4ccccc4c4cccc2c43)c2cccc3c2oc2ccccc23)cc1. The predicted octanol–water partition coefficient (Wildman–Crippen LogP) is 20.8. The van der Waals surface area contributed by atoms with E-state index < -0.39 is 5.41 Å². The number of nitrogens with zero attached hydrogens (tertiary/aromatic N) is 3. The first kappa shape index (κ1) is 45.1. The summed E-state index contributed by atoms with van der Waals surface area (Å²) in [4.78, 5) is 4.53. The van der Waals surface area contributed by atoms with Crippen LogP contribution in [0.25, 0.3) is 104 Å². The number of halogens is 2. The van der Waals surface area contributed by atoms with Gasteiger partial charge in [-0.1, -0.05) is 164 Å². The molecule has 0 saturated carbocycles. The molecule has 1 spiro atoms. The summed E-state index contributed by atoms with van der Waals surface area (Å²) < 4.78 is 46.9. The summed E-state index contributed by atoms with van der Waals surface area (Å²) in [6.45, 7) is 0. The third-order valence-corrected chi connectivity index (χ3v) is 17.7. The quantitative estimate of drug-likeness (QED) is 0.166. The van der Waals surface area contributed by atoms with Crippen LogP contribution < -0.4 is 9.80 Å². The lowest BCUT2D eigenvalue weighted by molar-refractivity contribution is 0.627. The molecule has 1 aliphatic heterocycles. The molecule has 384 valence electrons. The van der Waals surface area contributed by atoms with Gasteiger partial charge in [0, 0.05) is 54.5 Å². The summed E-state index contributed by atoms with van der Waals surface area (Å²) in [6.07, 6.45) is 0. The highest BCUT2D eigenvalue weighted by Gasteiger charge is 2.53. The van der Waals surface area contributed by atoms with Gasteiger partial charge in [-0.25, -0.2) is 8.78 Å². The largest absolute Gasteiger partial charge is 0.454 e. The van der Waals surface area contributed by atoms with Gasteiger partial charge in [-0.05, 0) is 141 Å². The Morgan fingerprint density at radius 2 is 0.732 bits per heavy atom. The van der Waals surface area contributed by atoms with Crippen LogP contribution in [0.4, 0.5) is 42.9 Å². The lowest BCUT2D eigenvalue weighted by atomic mass is 9.65. The van der Waals surface area contributed by atoms with Crippen molar-refractivity contribution < 1.29 is 17.6 Å². The van der Waals surface area contributed by atoms with Gasteiger partial charge in [-0.15, -0.1) is 0 Å². The van der Waals surface area contributed by atoms with Gasteiger partial charge in [0.25, 0.3) is 0 Å². The number of para-hydroxylation sites is 7. The molecule has 0 atom stereocenters. The molecule has 2 aliphatic rings. The van der Waals surface area contributed by atoms with Crippen molar-refractivity contribution in [2.75, 3.05) is 9.80 Å². The number of furan rings is 2. The van der Waals surface area contributed by atoms with Crippen molar-refractivity contribution in [3.05, 3.63) is 295 Å². The van der Waals surface area contributed by atoms with E-state index in [4.69, 9.17) is 8.83 Å². The van der Waals surface area contributed by atoms with E-state index in [1.54, 1.807) is 0 Å². The number of hydrogen-bond donors (Lipinski definition) is 0. The molecule has 5 nitrogen and oxygen atoms in total. The zero-order chi connectivity index (χ0) is 53.9. The van der Waals surface area contributed by atoms with Crippen molar-refractivity contribution in [1.82, 2.24) is 4.57 Å². The molecule has 0 fully saturated rings. The summed E-state index contributed by atoms with van der Waals surface area (Å²) >= 11 is 0. The highest BCUT2D eigenvalue weighted by molar-refractivity contribution is 6.22. The lowest BCUT2D eigenvalue weighted by Crippen LogP contribution is -2.34. The molecule has 0 N–H and O–H groups in total. The van der Waals surface area contributed by atoms with Crippen molar-refractivity contribution in [1.29, 1.82) is 0 Å². The van der Waals surface area contributed by atoms with E-state index in [1.807, 2.05) is 60.7 Å². The third kappa shape index (κ3) is 5.93. The van der Waals surface area contributed by atoms with E-state index in [-0.39, 0.29) is 11.6 Å². The molecule has 18 rings (SSSR count). The van der Waals surface area contributed by atoms with Crippen LogP contribution in [0.1, 0.15) is 22.3 Å². The standard InChI is InChI=1S/C75H43F2N3O2/c76-44-34-38-46(39-35-44)78(64-30-14-24-56-51-19-6-11-32-68(51)81-73(56)64)66-42-60-70(53-21-3-1-16-48(53)66)71-54-22-4-2-17-49(54)67(79(47-40-36-45(77)37-41-47)65-31-15-25-57-52-20-7-12-33-69(52)82-74(57)65)43-61(71)75(60)58-26-8-10-29-63(58)80-62-28-9-5-18-50(62)55-23-13-27-59(75)72(55)80/h1-43H. The molecule has 0 unspecified atom stereocenters. The second kappa shape index (κ2) is 16.6. The van der Waals surface area contributed by atoms with Gasteiger partial charge in [0.2, 0.25) is 0 Å². The van der Waals surface area contributed by atoms with Crippen LogP contribution in [0.2, 0.25) is 0 Å². The smallest absolute Gasteiger partial charge is 0.159 e. The first-order chi connectivity index (χ1) is 40.5. The highest BCUT2D eigenvalue weighted by Crippen LogP contribution is 2.66. The minimum absolute atomic E-state index is 0.324. The van der Waals surface area contributed by atoms with Gasteiger partial charge in [-0.3, -0.25) is 0 Å². The molecule has 3 aromatic heterocycles. The van der Waals surface area contributed by atoms with Gasteiger partial charge >= 0.3 is 0 Å². The van der Waals surface area contributed by atoms with E-state index >= 15 is 8.78 Å². The molecule has 7 heteroatoms. The average Bonchev–Trinajstić information content (AvgIpc) is 1.80. The number of rotatable bonds is 6. The Morgan fingerprint density at radius 3 is 1.28 bits per heavy atom. The zero-order valence-electron chi connectivity index (χ0n) is 43.7. The third-order valence-electron chi connectivity index (χ3n) is 17.7. The fraction of sp³-hybridized carbons (Fsp3) is 0.0133. The first-order valence-corrected chi connectivity index (χ1v) is 27.7. The van der Waals surface area contributed by atoms with Crippen LogP contribution in [-0.2, 0) is 5.41 Å². The van der Waals surface area contributed by atoms with Gasteiger partial charge in [0.1, 0.15) is 22.8 Å². The maximum absolute atomic E-state index is 15.3. The average molecular weight is 1060 g/mol. The fourth-order valence-corrected chi connectivity index (χ4v) is 14.5. The number of fused-ring (bicyclic) bond motifs is 22. The van der Waals surface area contributed by atoms with Crippen molar-refractivity contribution in [3.8, 4) is 16.8 Å². The van der Waals surface area contributed by atoms with Gasteiger partial charge in [0.05, 0.1) is 44.9 Å². The van der Waals surface area contributed by atoms with Gasteiger partial charge in [0.15, 0.2) is 11.2 Å². The molecule has 0 amide bonds. The van der Waals surface area contributed by atoms with E-state index in [2.05, 4.69) is 190 Å². The first-order valence-electron chi connectivity index (χ1n) is 27.7. The van der Waals surface area contributed by atoms with Crippen molar-refractivity contribution in [2.45, 2.75) is 5.41 Å². The molecule has 4 heterocycles. The van der Waals surface area contributed by atoms with Crippen LogP contribution >= 0.6 is 0 Å². The summed E-state index contributed by atoms with van der Waals surface area (Å²) in [5, 5.41) is 10.5. The number of anilines is 6. The second-order valence-corrected chi connectivity index (χ2v) is 21.7. The lowest BCUT2D eigenvalue weighted by Gasteiger charge is -2.40. The molecule has 1 aliphatic carbocycles. The van der Waals surface area contributed by atoms with E-state index in [0.717, 1.165) is 155 Å². The molecule has 0 saturated heterocycles. The number of hydrogen-bond acceptors (Lipinski definition) is 4. The van der Waals surface area contributed by atoms with Crippen molar-refractivity contribution >= 4 is 121 Å². The van der Waals surface area contributed by atoms with Crippen molar-refractivity contribution in [2.24, 2.45) is 0 Å². The van der Waals surface area contributed by atoms with E-state index in [9.17, 15) is 0 Å². The van der Waals surface area contributed by atoms with E-state index in [1.165, 1.54) is 29.7 Å². The summed E-state index contributed by atoms with van der Waals surface area (Å²) in [7, 11) is 0. The predicted molar refractivity (Wildman–Crippen MR) is 330 cm³/mol. The zero-order valence-corrected chi connectivity index (χ0v) is 43.7. The number of aromatic nitrogens is 1. The van der Waals surface area contributed by atoms with Crippen LogP contribution in [-0.4, -0.2) is 4.57 Å².